The highest BCUT2D eigenvalue weighted by Crippen LogP contribution is 2.17. The molecular weight excluding hydrogens is 250 g/mol. The summed E-state index contributed by atoms with van der Waals surface area (Å²) >= 11 is 0. The van der Waals surface area contributed by atoms with Crippen LogP contribution in [0.5, 0.6) is 0 Å². The Bertz CT molecular complexity index is 514. The van der Waals surface area contributed by atoms with Gasteiger partial charge in [-0.2, -0.15) is 13.7 Å². The Labute approximate surface area is 108 Å². The molecular formula is C13H17NO3S. The Morgan fingerprint density at radius 2 is 1.94 bits per heavy atom. The van der Waals surface area contributed by atoms with Gasteiger partial charge in [-0.15, -0.1) is 0 Å². The summed E-state index contributed by atoms with van der Waals surface area (Å²) in [6.45, 7) is 3.85. The first-order valence-corrected chi connectivity index (χ1v) is 7.30. The summed E-state index contributed by atoms with van der Waals surface area (Å²) in [6, 6.07) is 8.24. The second-order valence-corrected chi connectivity index (χ2v) is 5.70. The van der Waals surface area contributed by atoms with Crippen molar-refractivity contribution in [1.82, 2.24) is 0 Å². The van der Waals surface area contributed by atoms with E-state index in [1.807, 2.05) is 19.9 Å². The molecule has 0 N–H and O–H groups in total. The third-order valence-electron chi connectivity index (χ3n) is 2.52. The van der Waals surface area contributed by atoms with Gasteiger partial charge in [0.25, 0.3) is 10.1 Å². The van der Waals surface area contributed by atoms with Gasteiger partial charge in [0.15, 0.2) is 6.10 Å². The van der Waals surface area contributed by atoms with Crippen molar-refractivity contribution in [1.29, 1.82) is 5.26 Å². The molecule has 0 saturated carbocycles. The number of hydrogen-bond acceptors (Lipinski definition) is 4. The molecule has 0 saturated heterocycles. The van der Waals surface area contributed by atoms with E-state index in [4.69, 9.17) is 9.44 Å². The second-order valence-electron chi connectivity index (χ2n) is 4.12. The fourth-order valence-corrected chi connectivity index (χ4v) is 2.46. The van der Waals surface area contributed by atoms with Gasteiger partial charge in [0.2, 0.25) is 0 Å². The Morgan fingerprint density at radius 3 is 2.44 bits per heavy atom. The van der Waals surface area contributed by atoms with E-state index in [2.05, 4.69) is 0 Å². The number of benzene rings is 1. The van der Waals surface area contributed by atoms with Crippen LogP contribution in [0.4, 0.5) is 0 Å². The first kappa shape index (κ1) is 14.7. The summed E-state index contributed by atoms with van der Waals surface area (Å²) < 4.78 is 28.7. The molecule has 0 aromatic heterocycles. The van der Waals surface area contributed by atoms with Crippen LogP contribution in [-0.4, -0.2) is 14.5 Å². The summed E-state index contributed by atoms with van der Waals surface area (Å²) in [5.74, 6) is 0. The maximum atomic E-state index is 11.9. The lowest BCUT2D eigenvalue weighted by Gasteiger charge is -2.10. The monoisotopic (exact) mass is 267 g/mol. The van der Waals surface area contributed by atoms with Crippen LogP contribution in [-0.2, 0) is 14.3 Å². The number of nitriles is 1. The third-order valence-corrected chi connectivity index (χ3v) is 3.85. The van der Waals surface area contributed by atoms with Crippen molar-refractivity contribution >= 4 is 10.1 Å². The lowest BCUT2D eigenvalue weighted by Crippen LogP contribution is -2.17. The van der Waals surface area contributed by atoms with E-state index < -0.39 is 16.2 Å². The van der Waals surface area contributed by atoms with E-state index in [0.717, 1.165) is 18.4 Å². The van der Waals surface area contributed by atoms with Crippen LogP contribution in [0.2, 0.25) is 0 Å². The fourth-order valence-electron chi connectivity index (χ4n) is 1.44. The third kappa shape index (κ3) is 4.13. The van der Waals surface area contributed by atoms with Crippen LogP contribution < -0.4 is 0 Å². The lowest BCUT2D eigenvalue weighted by atomic mass is 10.2. The van der Waals surface area contributed by atoms with Crippen molar-refractivity contribution in [3.8, 4) is 6.07 Å². The molecule has 1 aromatic carbocycles. The van der Waals surface area contributed by atoms with Crippen molar-refractivity contribution in [3.05, 3.63) is 29.8 Å². The standard InChI is InChI=1S/C13H17NO3S/c1-3-4-5-12(10-14)17-18(15,16)13-8-6-11(2)7-9-13/h6-9,12H,3-5H2,1-2H3. The quantitative estimate of drug-likeness (QED) is 0.743. The maximum Gasteiger partial charge on any atom is 0.298 e. The largest absolute Gasteiger partial charge is 0.298 e. The van der Waals surface area contributed by atoms with Gasteiger partial charge in [0, 0.05) is 0 Å². The fraction of sp³-hybridized carbons (Fsp3) is 0.462. The first-order chi connectivity index (χ1) is 8.49. The predicted molar refractivity (Wildman–Crippen MR) is 68.4 cm³/mol. The minimum Gasteiger partial charge on any atom is -0.248 e. The van der Waals surface area contributed by atoms with Gasteiger partial charge < -0.3 is 0 Å². The molecule has 98 valence electrons. The van der Waals surface area contributed by atoms with Gasteiger partial charge >= 0.3 is 0 Å². The minimum atomic E-state index is -3.84. The van der Waals surface area contributed by atoms with Crippen LogP contribution in [0.15, 0.2) is 29.2 Å². The van der Waals surface area contributed by atoms with Crippen molar-refractivity contribution in [2.24, 2.45) is 0 Å². The maximum absolute atomic E-state index is 11.9. The molecule has 1 atom stereocenters. The molecule has 0 aliphatic heterocycles. The number of aryl methyl sites for hydroxylation is 1. The minimum absolute atomic E-state index is 0.0878. The Kier molecular flexibility index (Phi) is 5.32. The molecule has 1 aromatic rings. The topological polar surface area (TPSA) is 67.2 Å². The number of nitrogens with zero attached hydrogens (tertiary/aromatic N) is 1. The summed E-state index contributed by atoms with van der Waals surface area (Å²) in [5.41, 5.74) is 0.969. The molecule has 0 radical (unpaired) electrons. The Morgan fingerprint density at radius 1 is 1.33 bits per heavy atom. The van der Waals surface area contributed by atoms with E-state index >= 15 is 0 Å². The van der Waals surface area contributed by atoms with Gasteiger partial charge in [-0.05, 0) is 25.5 Å². The molecule has 0 heterocycles. The van der Waals surface area contributed by atoms with Gasteiger partial charge in [-0.1, -0.05) is 37.5 Å². The normalized spacial score (nSPS) is 12.9. The van der Waals surface area contributed by atoms with Crippen molar-refractivity contribution in [2.75, 3.05) is 0 Å². The van der Waals surface area contributed by atoms with E-state index in [0.29, 0.717) is 6.42 Å². The van der Waals surface area contributed by atoms with Crippen LogP contribution in [0.1, 0.15) is 31.7 Å². The molecule has 18 heavy (non-hydrogen) atoms. The number of unbranched alkanes of at least 4 members (excludes halogenated alkanes) is 1. The summed E-state index contributed by atoms with van der Waals surface area (Å²) in [5, 5.41) is 8.87. The molecule has 5 heteroatoms. The van der Waals surface area contributed by atoms with Gasteiger partial charge in [-0.3, -0.25) is 0 Å². The summed E-state index contributed by atoms with van der Waals surface area (Å²) in [7, 11) is -3.84. The average Bonchev–Trinajstić information content (AvgIpc) is 2.35. The SMILES string of the molecule is CCCCC(C#N)OS(=O)(=O)c1ccc(C)cc1. The molecule has 0 fully saturated rings. The molecule has 0 aliphatic carbocycles. The van der Waals surface area contributed by atoms with Crippen molar-refractivity contribution in [3.63, 3.8) is 0 Å². The van der Waals surface area contributed by atoms with Crippen LogP contribution in [0, 0.1) is 18.3 Å². The number of hydrogen-bond donors (Lipinski definition) is 0. The van der Waals surface area contributed by atoms with E-state index in [-0.39, 0.29) is 4.90 Å². The Hall–Kier alpha value is -1.38. The highest BCUT2D eigenvalue weighted by molar-refractivity contribution is 7.86. The van der Waals surface area contributed by atoms with Gasteiger partial charge in [0.1, 0.15) is 0 Å². The molecule has 1 unspecified atom stereocenters. The van der Waals surface area contributed by atoms with E-state index in [9.17, 15) is 8.42 Å². The molecule has 0 amide bonds. The van der Waals surface area contributed by atoms with Crippen molar-refractivity contribution < 1.29 is 12.6 Å². The highest BCUT2D eigenvalue weighted by atomic mass is 32.2. The number of rotatable bonds is 6. The zero-order chi connectivity index (χ0) is 13.6. The van der Waals surface area contributed by atoms with E-state index in [1.165, 1.54) is 12.1 Å². The van der Waals surface area contributed by atoms with Crippen LogP contribution >= 0.6 is 0 Å². The first-order valence-electron chi connectivity index (χ1n) is 5.89. The molecule has 0 spiro atoms. The average molecular weight is 267 g/mol. The Balaban J connectivity index is 2.81. The molecule has 1 rings (SSSR count). The van der Waals surface area contributed by atoms with Crippen molar-refractivity contribution in [2.45, 2.75) is 44.1 Å². The zero-order valence-electron chi connectivity index (χ0n) is 10.6. The summed E-state index contributed by atoms with van der Waals surface area (Å²) in [4.78, 5) is 0.0878. The van der Waals surface area contributed by atoms with E-state index in [1.54, 1.807) is 12.1 Å². The highest BCUT2D eigenvalue weighted by Gasteiger charge is 2.21. The summed E-state index contributed by atoms with van der Waals surface area (Å²) in [6.07, 6.45) is 1.18. The van der Waals surface area contributed by atoms with Gasteiger partial charge in [-0.25, -0.2) is 4.18 Å². The van der Waals surface area contributed by atoms with Crippen LogP contribution in [0.25, 0.3) is 0 Å². The van der Waals surface area contributed by atoms with Crippen LogP contribution in [0.3, 0.4) is 0 Å². The predicted octanol–water partition coefficient (Wildman–Crippen LogP) is 2.78. The molecule has 0 bridgehead atoms. The second kappa shape index (κ2) is 6.53. The van der Waals surface area contributed by atoms with Gasteiger partial charge in [0.05, 0.1) is 11.0 Å². The smallest absolute Gasteiger partial charge is 0.248 e. The molecule has 4 nitrogen and oxygen atoms in total. The molecule has 0 aliphatic rings. The zero-order valence-corrected chi connectivity index (χ0v) is 11.4. The lowest BCUT2D eigenvalue weighted by molar-refractivity contribution is 0.247.